The number of hydrogen-bond donors (Lipinski definition) is 1. The maximum absolute atomic E-state index is 14.5. The van der Waals surface area contributed by atoms with Crippen LogP contribution in [0.3, 0.4) is 0 Å². The van der Waals surface area contributed by atoms with Crippen molar-refractivity contribution in [1.82, 2.24) is 5.32 Å². The average Bonchev–Trinajstić information content (AvgIpc) is 2.65. The Bertz CT molecular complexity index is 837. The number of hydrogen-bond acceptors (Lipinski definition) is 6. The fourth-order valence-corrected chi connectivity index (χ4v) is 2.13. The Morgan fingerprint density at radius 3 is 2.43 bits per heavy atom. The van der Waals surface area contributed by atoms with Crippen molar-refractivity contribution in [3.8, 4) is 0 Å². The molecule has 0 aliphatic carbocycles. The third-order valence-electron chi connectivity index (χ3n) is 3.63. The molecule has 0 radical (unpaired) electrons. The standard InChI is InChI=1S/C18H19F3N2O5/c1-4-6-8-28-18(25)11(9-22-7-5-2)17(24)12-13(19)10(3)14(20)15(21)16(12)23(26)27/h5,9,22H,2,4,6-8H2,1,3H3. The van der Waals surface area contributed by atoms with Gasteiger partial charge in [-0.1, -0.05) is 19.4 Å². The van der Waals surface area contributed by atoms with Gasteiger partial charge in [-0.25, -0.2) is 13.6 Å². The number of carbonyl (C=O) groups is 2. The molecule has 28 heavy (non-hydrogen) atoms. The second kappa shape index (κ2) is 10.2. The third kappa shape index (κ3) is 4.96. The van der Waals surface area contributed by atoms with Gasteiger partial charge in [-0.3, -0.25) is 14.9 Å². The molecule has 1 aromatic carbocycles. The number of nitrogens with one attached hydrogen (secondary N) is 1. The lowest BCUT2D eigenvalue weighted by atomic mass is 9.98. The lowest BCUT2D eigenvalue weighted by Gasteiger charge is -2.11. The zero-order chi connectivity index (χ0) is 21.4. The molecule has 0 spiro atoms. The molecule has 7 nitrogen and oxygen atoms in total. The van der Waals surface area contributed by atoms with E-state index < -0.39 is 56.5 Å². The zero-order valence-electron chi connectivity index (χ0n) is 15.3. The monoisotopic (exact) mass is 400 g/mol. The topological polar surface area (TPSA) is 98.5 Å². The van der Waals surface area contributed by atoms with E-state index in [1.165, 1.54) is 6.08 Å². The van der Waals surface area contributed by atoms with E-state index in [0.717, 1.165) is 13.1 Å². The van der Waals surface area contributed by atoms with Crippen molar-refractivity contribution in [2.75, 3.05) is 13.2 Å². The van der Waals surface area contributed by atoms with Gasteiger partial charge in [0.1, 0.15) is 17.0 Å². The number of unbranched alkanes of at least 4 members (excludes halogenated alkanes) is 1. The molecule has 0 amide bonds. The Morgan fingerprint density at radius 2 is 1.89 bits per heavy atom. The minimum absolute atomic E-state index is 0.0528. The van der Waals surface area contributed by atoms with Crippen LogP contribution >= 0.6 is 0 Å². The Hall–Kier alpha value is -3.17. The number of esters is 1. The lowest BCUT2D eigenvalue weighted by Crippen LogP contribution is -2.23. The fraction of sp³-hybridized carbons (Fsp3) is 0.333. The largest absolute Gasteiger partial charge is 0.462 e. The molecular formula is C18H19F3N2O5. The highest BCUT2D eigenvalue weighted by atomic mass is 19.2. The number of nitro benzene ring substituents is 1. The van der Waals surface area contributed by atoms with Crippen LogP contribution in [0.15, 0.2) is 24.4 Å². The first-order valence-corrected chi connectivity index (χ1v) is 8.26. The van der Waals surface area contributed by atoms with E-state index in [9.17, 15) is 32.9 Å². The van der Waals surface area contributed by atoms with Crippen LogP contribution in [0.25, 0.3) is 0 Å². The molecule has 0 saturated heterocycles. The number of ether oxygens (including phenoxy) is 1. The predicted molar refractivity (Wildman–Crippen MR) is 94.2 cm³/mol. The van der Waals surface area contributed by atoms with E-state index in [1.807, 2.05) is 6.92 Å². The molecule has 0 bridgehead atoms. The van der Waals surface area contributed by atoms with E-state index in [4.69, 9.17) is 4.74 Å². The quantitative estimate of drug-likeness (QED) is 0.0617. The molecule has 0 saturated carbocycles. The van der Waals surface area contributed by atoms with Gasteiger partial charge in [-0.15, -0.1) is 6.58 Å². The van der Waals surface area contributed by atoms with Crippen LogP contribution in [-0.2, 0) is 9.53 Å². The molecule has 1 N–H and O–H groups in total. The number of nitro groups is 1. The van der Waals surface area contributed by atoms with Crippen LogP contribution in [-0.4, -0.2) is 29.8 Å². The maximum Gasteiger partial charge on any atom is 0.343 e. The molecule has 0 unspecified atom stereocenters. The average molecular weight is 400 g/mol. The van der Waals surface area contributed by atoms with Gasteiger partial charge in [0.15, 0.2) is 5.82 Å². The van der Waals surface area contributed by atoms with E-state index in [0.29, 0.717) is 12.8 Å². The highest BCUT2D eigenvalue weighted by Crippen LogP contribution is 2.32. The van der Waals surface area contributed by atoms with Crippen LogP contribution in [0.1, 0.15) is 35.7 Å². The van der Waals surface area contributed by atoms with Crippen molar-refractivity contribution in [2.24, 2.45) is 0 Å². The number of Topliss-reactive ketones (excluding diaryl/α,β-unsaturated/α-hetero) is 1. The van der Waals surface area contributed by atoms with Crippen molar-refractivity contribution in [3.05, 3.63) is 63.1 Å². The minimum atomic E-state index is -2.00. The highest BCUT2D eigenvalue weighted by molar-refractivity contribution is 6.25. The number of benzene rings is 1. The van der Waals surface area contributed by atoms with E-state index in [1.54, 1.807) is 0 Å². The van der Waals surface area contributed by atoms with Crippen LogP contribution in [0, 0.1) is 34.5 Å². The van der Waals surface area contributed by atoms with Crippen molar-refractivity contribution in [3.63, 3.8) is 0 Å². The first kappa shape index (κ1) is 22.9. The van der Waals surface area contributed by atoms with E-state index in [2.05, 4.69) is 11.9 Å². The summed E-state index contributed by atoms with van der Waals surface area (Å²) in [5.74, 6) is -8.12. The lowest BCUT2D eigenvalue weighted by molar-refractivity contribution is -0.388. The van der Waals surface area contributed by atoms with Gasteiger partial charge in [0.25, 0.3) is 0 Å². The first-order valence-electron chi connectivity index (χ1n) is 8.26. The second-order valence-electron chi connectivity index (χ2n) is 5.62. The van der Waals surface area contributed by atoms with Crippen LogP contribution in [0.5, 0.6) is 0 Å². The Morgan fingerprint density at radius 1 is 1.25 bits per heavy atom. The molecule has 0 aliphatic heterocycles. The summed E-state index contributed by atoms with van der Waals surface area (Å²) in [6, 6.07) is 0. The number of carbonyl (C=O) groups excluding carboxylic acids is 2. The van der Waals surface area contributed by atoms with Gasteiger partial charge in [0.05, 0.1) is 11.5 Å². The summed E-state index contributed by atoms with van der Waals surface area (Å²) in [4.78, 5) is 34.6. The number of nitrogens with zero attached hydrogens (tertiary/aromatic N) is 1. The van der Waals surface area contributed by atoms with Gasteiger partial charge in [-0.2, -0.15) is 4.39 Å². The van der Waals surface area contributed by atoms with Crippen molar-refractivity contribution < 1.29 is 32.4 Å². The summed E-state index contributed by atoms with van der Waals surface area (Å²) in [6.07, 6.45) is 3.40. The summed E-state index contributed by atoms with van der Waals surface area (Å²) in [5.41, 5.74) is -4.78. The van der Waals surface area contributed by atoms with E-state index in [-0.39, 0.29) is 13.2 Å². The van der Waals surface area contributed by atoms with Gasteiger partial charge < -0.3 is 10.1 Å². The smallest absolute Gasteiger partial charge is 0.343 e. The van der Waals surface area contributed by atoms with Gasteiger partial charge >= 0.3 is 11.7 Å². The summed E-state index contributed by atoms with van der Waals surface area (Å²) in [6.45, 7) is 6.10. The molecule has 152 valence electrons. The second-order valence-corrected chi connectivity index (χ2v) is 5.62. The first-order chi connectivity index (χ1) is 13.2. The van der Waals surface area contributed by atoms with Crippen LogP contribution in [0.2, 0.25) is 0 Å². The van der Waals surface area contributed by atoms with Gasteiger partial charge in [0.2, 0.25) is 11.6 Å². The summed E-state index contributed by atoms with van der Waals surface area (Å²) in [5, 5.41) is 13.6. The zero-order valence-corrected chi connectivity index (χ0v) is 15.3. The minimum Gasteiger partial charge on any atom is -0.462 e. The van der Waals surface area contributed by atoms with E-state index >= 15 is 0 Å². The summed E-state index contributed by atoms with van der Waals surface area (Å²) < 4.78 is 47.1. The summed E-state index contributed by atoms with van der Waals surface area (Å²) in [7, 11) is 0. The number of rotatable bonds is 10. The Balaban J connectivity index is 3.54. The Labute approximate surface area is 159 Å². The normalized spacial score (nSPS) is 11.1. The molecular weight excluding hydrogens is 381 g/mol. The molecule has 1 aromatic rings. The molecule has 0 aromatic heterocycles. The van der Waals surface area contributed by atoms with Crippen molar-refractivity contribution in [1.29, 1.82) is 0 Å². The van der Waals surface area contributed by atoms with Crippen LogP contribution < -0.4 is 5.32 Å². The predicted octanol–water partition coefficient (Wildman–Crippen LogP) is 3.51. The molecule has 0 aliphatic rings. The molecule has 1 rings (SSSR count). The molecule has 10 heteroatoms. The SMILES string of the molecule is C=CCNC=C(C(=O)OCCCC)C(=O)c1c(F)c(C)c(F)c(F)c1[N+](=O)[O-]. The Kier molecular flexibility index (Phi) is 8.36. The highest BCUT2D eigenvalue weighted by Gasteiger charge is 2.37. The molecule has 0 heterocycles. The maximum atomic E-state index is 14.5. The fourth-order valence-electron chi connectivity index (χ4n) is 2.13. The third-order valence-corrected chi connectivity index (χ3v) is 3.63. The number of halogens is 3. The van der Waals surface area contributed by atoms with Gasteiger partial charge in [-0.05, 0) is 13.3 Å². The molecule has 0 fully saturated rings. The van der Waals surface area contributed by atoms with Gasteiger partial charge in [0, 0.05) is 18.3 Å². The number of ketones is 1. The summed E-state index contributed by atoms with van der Waals surface area (Å²) >= 11 is 0. The van der Waals surface area contributed by atoms with Crippen molar-refractivity contribution in [2.45, 2.75) is 26.7 Å². The van der Waals surface area contributed by atoms with Crippen molar-refractivity contribution >= 4 is 17.4 Å². The van der Waals surface area contributed by atoms with Crippen LogP contribution in [0.4, 0.5) is 18.9 Å². The molecule has 0 atom stereocenters.